The number of halogens is 2. The maximum Gasteiger partial charge on any atom is 0.339 e. The summed E-state index contributed by atoms with van der Waals surface area (Å²) in [6.45, 7) is 4.06. The van der Waals surface area contributed by atoms with Crippen LogP contribution in [0, 0.1) is 6.92 Å². The molecule has 1 N–H and O–H groups in total. The molecule has 2 rings (SSSR count). The second-order valence-electron chi connectivity index (χ2n) is 5.27. The van der Waals surface area contributed by atoms with E-state index in [1.807, 2.05) is 12.1 Å². The van der Waals surface area contributed by atoms with Crippen molar-refractivity contribution in [2.24, 2.45) is 0 Å². The van der Waals surface area contributed by atoms with Crippen molar-refractivity contribution in [3.05, 3.63) is 62.9 Å². The molecule has 0 aliphatic heterocycles. The molecular formula is C18H18Cl2N2O3. The number of aromatic nitrogens is 1. The summed E-state index contributed by atoms with van der Waals surface area (Å²) in [4.78, 5) is 28.1. The SMILES string of the molecule is CCOC(=O)c1ccc(C(=O)NCCc2cccc(Cl)c2Cl)nc1C. The molecule has 0 bridgehead atoms. The summed E-state index contributed by atoms with van der Waals surface area (Å²) in [6.07, 6.45) is 0.547. The fraction of sp³-hybridized carbons (Fsp3) is 0.278. The maximum atomic E-state index is 12.2. The first-order valence-corrected chi connectivity index (χ1v) is 8.55. The van der Waals surface area contributed by atoms with Crippen LogP contribution in [0.1, 0.15) is 39.0 Å². The van der Waals surface area contributed by atoms with Crippen molar-refractivity contribution < 1.29 is 14.3 Å². The third kappa shape index (κ3) is 4.94. The second kappa shape index (κ2) is 8.83. The van der Waals surface area contributed by atoms with Gasteiger partial charge >= 0.3 is 5.97 Å². The van der Waals surface area contributed by atoms with Crippen LogP contribution in [0.4, 0.5) is 0 Å². The van der Waals surface area contributed by atoms with Crippen LogP contribution in [0.2, 0.25) is 10.0 Å². The van der Waals surface area contributed by atoms with Gasteiger partial charge in [-0.3, -0.25) is 4.79 Å². The van der Waals surface area contributed by atoms with Crippen LogP contribution in [0.5, 0.6) is 0 Å². The summed E-state index contributed by atoms with van der Waals surface area (Å²) < 4.78 is 4.94. The quantitative estimate of drug-likeness (QED) is 0.772. The first kappa shape index (κ1) is 19.2. The summed E-state index contributed by atoms with van der Waals surface area (Å²) in [7, 11) is 0. The minimum atomic E-state index is -0.449. The minimum Gasteiger partial charge on any atom is -0.462 e. The van der Waals surface area contributed by atoms with Gasteiger partial charge in [0, 0.05) is 6.54 Å². The Balaban J connectivity index is 1.98. The Morgan fingerprint density at radius 3 is 2.64 bits per heavy atom. The largest absolute Gasteiger partial charge is 0.462 e. The summed E-state index contributed by atoms with van der Waals surface area (Å²) in [5.74, 6) is -0.772. The molecule has 0 aliphatic rings. The number of hydrogen-bond donors (Lipinski definition) is 1. The average molecular weight is 381 g/mol. The normalized spacial score (nSPS) is 10.4. The van der Waals surface area contributed by atoms with Gasteiger partial charge in [0.15, 0.2) is 0 Å². The van der Waals surface area contributed by atoms with Crippen molar-refractivity contribution in [1.82, 2.24) is 10.3 Å². The number of nitrogens with zero attached hydrogens (tertiary/aromatic N) is 1. The van der Waals surface area contributed by atoms with E-state index in [-0.39, 0.29) is 18.2 Å². The van der Waals surface area contributed by atoms with E-state index in [2.05, 4.69) is 10.3 Å². The molecule has 5 nitrogen and oxygen atoms in total. The van der Waals surface area contributed by atoms with Gasteiger partial charge in [-0.05, 0) is 44.0 Å². The second-order valence-corrected chi connectivity index (χ2v) is 6.05. The Labute approximate surface area is 156 Å². The third-order valence-electron chi connectivity index (χ3n) is 3.53. The highest BCUT2D eigenvalue weighted by Gasteiger charge is 2.14. The number of carbonyl (C=O) groups excluding carboxylic acids is 2. The Bertz CT molecular complexity index is 794. The molecule has 132 valence electrons. The number of nitrogens with one attached hydrogen (secondary N) is 1. The smallest absolute Gasteiger partial charge is 0.339 e. The molecule has 1 heterocycles. The van der Waals surface area contributed by atoms with Crippen LogP contribution in [0.25, 0.3) is 0 Å². The number of carbonyl (C=O) groups is 2. The van der Waals surface area contributed by atoms with Gasteiger partial charge in [-0.15, -0.1) is 0 Å². The van der Waals surface area contributed by atoms with Crippen molar-refractivity contribution in [2.45, 2.75) is 20.3 Å². The summed E-state index contributed by atoms with van der Waals surface area (Å²) in [5.41, 5.74) is 1.90. The van der Waals surface area contributed by atoms with Crippen molar-refractivity contribution in [3.63, 3.8) is 0 Å². The van der Waals surface area contributed by atoms with Crippen LogP contribution < -0.4 is 5.32 Å². The monoisotopic (exact) mass is 380 g/mol. The molecule has 0 fully saturated rings. The van der Waals surface area contributed by atoms with Crippen molar-refractivity contribution in [2.75, 3.05) is 13.2 Å². The Hall–Kier alpha value is -2.11. The highest BCUT2D eigenvalue weighted by Crippen LogP contribution is 2.25. The van der Waals surface area contributed by atoms with E-state index < -0.39 is 5.97 Å². The first-order valence-electron chi connectivity index (χ1n) is 7.80. The fourth-order valence-corrected chi connectivity index (χ4v) is 2.67. The third-order valence-corrected chi connectivity index (χ3v) is 4.38. The van der Waals surface area contributed by atoms with Gasteiger partial charge in [0.25, 0.3) is 5.91 Å². The molecule has 0 unspecified atom stereocenters. The van der Waals surface area contributed by atoms with Gasteiger partial charge in [0.1, 0.15) is 5.69 Å². The van der Waals surface area contributed by atoms with Crippen molar-refractivity contribution in [3.8, 4) is 0 Å². The zero-order valence-corrected chi connectivity index (χ0v) is 15.4. The van der Waals surface area contributed by atoms with E-state index in [1.165, 1.54) is 6.07 Å². The van der Waals surface area contributed by atoms with Gasteiger partial charge in [-0.1, -0.05) is 35.3 Å². The lowest BCUT2D eigenvalue weighted by Crippen LogP contribution is -2.27. The molecule has 0 aliphatic carbocycles. The molecule has 0 radical (unpaired) electrons. The predicted octanol–water partition coefficient (Wildman–Crippen LogP) is 3.85. The number of rotatable bonds is 6. The molecule has 1 amide bonds. The number of benzene rings is 1. The van der Waals surface area contributed by atoms with Crippen LogP contribution in [-0.2, 0) is 11.2 Å². The number of ether oxygens (including phenoxy) is 1. The van der Waals surface area contributed by atoms with E-state index in [0.717, 1.165) is 5.56 Å². The molecule has 25 heavy (non-hydrogen) atoms. The first-order chi connectivity index (χ1) is 11.9. The molecule has 0 saturated heterocycles. The number of aryl methyl sites for hydroxylation is 1. The Kier molecular flexibility index (Phi) is 6.79. The van der Waals surface area contributed by atoms with E-state index in [9.17, 15) is 9.59 Å². The summed E-state index contributed by atoms with van der Waals surface area (Å²) in [6, 6.07) is 8.43. The maximum absolute atomic E-state index is 12.2. The van der Waals surface area contributed by atoms with Gasteiger partial charge in [-0.2, -0.15) is 0 Å². The Morgan fingerprint density at radius 1 is 1.20 bits per heavy atom. The van der Waals surface area contributed by atoms with E-state index in [0.29, 0.717) is 34.3 Å². The minimum absolute atomic E-state index is 0.239. The van der Waals surface area contributed by atoms with Gasteiger partial charge in [-0.25, -0.2) is 9.78 Å². The van der Waals surface area contributed by atoms with E-state index in [1.54, 1.807) is 26.0 Å². The lowest BCUT2D eigenvalue weighted by atomic mass is 10.1. The summed E-state index contributed by atoms with van der Waals surface area (Å²) >= 11 is 12.1. The number of pyridine rings is 1. The summed E-state index contributed by atoms with van der Waals surface area (Å²) in [5, 5.41) is 3.75. The van der Waals surface area contributed by atoms with Crippen molar-refractivity contribution >= 4 is 35.1 Å². The van der Waals surface area contributed by atoms with E-state index >= 15 is 0 Å². The fourth-order valence-electron chi connectivity index (χ4n) is 2.25. The van der Waals surface area contributed by atoms with Gasteiger partial charge in [0.2, 0.25) is 0 Å². The topological polar surface area (TPSA) is 68.3 Å². The molecule has 7 heteroatoms. The number of hydrogen-bond acceptors (Lipinski definition) is 4. The van der Waals surface area contributed by atoms with Crippen LogP contribution in [-0.4, -0.2) is 30.0 Å². The van der Waals surface area contributed by atoms with Crippen LogP contribution >= 0.6 is 23.2 Å². The molecule has 1 aromatic carbocycles. The highest BCUT2D eigenvalue weighted by atomic mass is 35.5. The van der Waals surface area contributed by atoms with Gasteiger partial charge in [0.05, 0.1) is 27.9 Å². The van der Waals surface area contributed by atoms with Crippen molar-refractivity contribution in [1.29, 1.82) is 0 Å². The zero-order chi connectivity index (χ0) is 18.4. The lowest BCUT2D eigenvalue weighted by Gasteiger charge is -2.09. The van der Waals surface area contributed by atoms with Crippen LogP contribution in [0.3, 0.4) is 0 Å². The molecular weight excluding hydrogens is 363 g/mol. The molecule has 0 spiro atoms. The highest BCUT2D eigenvalue weighted by molar-refractivity contribution is 6.42. The van der Waals surface area contributed by atoms with Crippen LogP contribution in [0.15, 0.2) is 30.3 Å². The lowest BCUT2D eigenvalue weighted by molar-refractivity contribution is 0.0524. The molecule has 2 aromatic rings. The standard InChI is InChI=1S/C18H18Cl2N2O3/c1-3-25-18(24)13-7-8-15(22-11(13)2)17(23)21-10-9-12-5-4-6-14(19)16(12)20/h4-8H,3,9-10H2,1-2H3,(H,21,23). The average Bonchev–Trinajstić information content (AvgIpc) is 2.58. The number of amides is 1. The van der Waals surface area contributed by atoms with E-state index in [4.69, 9.17) is 27.9 Å². The molecule has 0 saturated carbocycles. The predicted molar refractivity (Wildman–Crippen MR) is 97.4 cm³/mol. The molecule has 1 aromatic heterocycles. The molecule has 0 atom stereocenters. The van der Waals surface area contributed by atoms with Gasteiger partial charge < -0.3 is 10.1 Å². The Morgan fingerprint density at radius 2 is 1.96 bits per heavy atom. The number of esters is 1. The zero-order valence-electron chi connectivity index (χ0n) is 13.9.